The highest BCUT2D eigenvalue weighted by molar-refractivity contribution is 14.0. The largest absolute Gasteiger partial charge is 0.381 e. The van der Waals surface area contributed by atoms with Gasteiger partial charge in [0.05, 0.1) is 13.2 Å². The molecule has 2 aromatic rings. The number of hydrogen-bond acceptors (Lipinski definition) is 4. The Kier molecular flexibility index (Phi) is 13.9. The molecule has 1 aromatic heterocycles. The predicted molar refractivity (Wildman–Crippen MR) is 130 cm³/mol. The fraction of sp³-hybridized carbons (Fsp3) is 0.524. The molecule has 0 radical (unpaired) electrons. The number of guanidine groups is 1. The Balaban J connectivity index is 0.00000392. The topological polar surface area (TPSA) is 58.5 Å². The molecule has 2 N–H and O–H groups in total. The van der Waals surface area contributed by atoms with Gasteiger partial charge in [-0.1, -0.05) is 37.3 Å². The number of rotatable bonds is 12. The summed E-state index contributed by atoms with van der Waals surface area (Å²) in [5.74, 6) is 0.857. The molecule has 2 rings (SSSR count). The molecular weight excluding hydrogens is 483 g/mol. The Hall–Kier alpha value is -1.19. The van der Waals surface area contributed by atoms with E-state index < -0.39 is 0 Å². The number of nitrogens with one attached hydrogen (secondary N) is 2. The van der Waals surface area contributed by atoms with Gasteiger partial charge in [0.15, 0.2) is 5.96 Å². The summed E-state index contributed by atoms with van der Waals surface area (Å²) in [6.45, 7) is 8.20. The molecule has 0 bridgehead atoms. The molecule has 1 aromatic carbocycles. The molecule has 0 saturated heterocycles. The van der Waals surface area contributed by atoms with Crippen molar-refractivity contribution in [3.05, 3.63) is 52.0 Å². The van der Waals surface area contributed by atoms with Gasteiger partial charge in [-0.05, 0) is 38.2 Å². The van der Waals surface area contributed by atoms with Crippen LogP contribution in [0.3, 0.4) is 0 Å². The third kappa shape index (κ3) is 10.4. The van der Waals surface area contributed by atoms with E-state index in [4.69, 9.17) is 4.74 Å². The number of aryl methyl sites for hydroxylation is 1. The minimum atomic E-state index is 0. The molecule has 156 valence electrons. The maximum absolute atomic E-state index is 5.73. The first kappa shape index (κ1) is 24.8. The number of benzene rings is 1. The molecule has 0 atom stereocenters. The predicted octanol–water partition coefficient (Wildman–Crippen LogP) is 4.42. The van der Waals surface area contributed by atoms with E-state index in [1.807, 2.05) is 12.3 Å². The molecule has 0 aliphatic rings. The number of aromatic nitrogens is 1. The summed E-state index contributed by atoms with van der Waals surface area (Å²) < 4.78 is 5.73. The van der Waals surface area contributed by atoms with Crippen LogP contribution in [-0.2, 0) is 24.1 Å². The zero-order chi connectivity index (χ0) is 19.2. The number of halogens is 1. The Morgan fingerprint density at radius 2 is 1.93 bits per heavy atom. The Labute approximate surface area is 190 Å². The standard InChI is InChI=1S/C21H32N4OS.HI/c1-3-19-16-24-20(27-19)17-25-21(22-4-2)23-13-8-9-14-26-15-12-18-10-6-5-7-11-18;/h5-7,10-11,16H,3-4,8-9,12-15,17H2,1-2H3,(H2,22,23,25);1H. The average molecular weight is 516 g/mol. The zero-order valence-corrected chi connectivity index (χ0v) is 20.1. The van der Waals surface area contributed by atoms with Crippen molar-refractivity contribution < 1.29 is 4.74 Å². The molecule has 5 nitrogen and oxygen atoms in total. The minimum Gasteiger partial charge on any atom is -0.381 e. The molecular formula is C21H33IN4OS. The smallest absolute Gasteiger partial charge is 0.191 e. The first-order valence-corrected chi connectivity index (χ1v) is 10.7. The second kappa shape index (κ2) is 15.7. The molecule has 0 aliphatic heterocycles. The van der Waals surface area contributed by atoms with E-state index in [2.05, 4.69) is 58.7 Å². The maximum Gasteiger partial charge on any atom is 0.191 e. The molecule has 0 amide bonds. The molecule has 0 unspecified atom stereocenters. The van der Waals surface area contributed by atoms with Crippen molar-refractivity contribution in [2.24, 2.45) is 4.99 Å². The van der Waals surface area contributed by atoms with E-state index in [0.29, 0.717) is 6.54 Å². The van der Waals surface area contributed by atoms with Crippen LogP contribution in [0.1, 0.15) is 42.1 Å². The van der Waals surface area contributed by atoms with Crippen LogP contribution in [0.2, 0.25) is 0 Å². The van der Waals surface area contributed by atoms with E-state index in [0.717, 1.165) is 63.0 Å². The van der Waals surface area contributed by atoms with Crippen molar-refractivity contribution in [3.8, 4) is 0 Å². The fourth-order valence-corrected chi connectivity index (χ4v) is 3.33. The second-order valence-corrected chi connectivity index (χ2v) is 7.45. The summed E-state index contributed by atoms with van der Waals surface area (Å²) in [6.07, 6.45) is 6.08. The summed E-state index contributed by atoms with van der Waals surface area (Å²) in [5.41, 5.74) is 1.33. The van der Waals surface area contributed by atoms with Gasteiger partial charge in [-0.15, -0.1) is 35.3 Å². The van der Waals surface area contributed by atoms with Gasteiger partial charge in [-0.3, -0.25) is 0 Å². The van der Waals surface area contributed by atoms with Crippen LogP contribution in [0.15, 0.2) is 41.5 Å². The summed E-state index contributed by atoms with van der Waals surface area (Å²) in [6, 6.07) is 10.5. The second-order valence-electron chi connectivity index (χ2n) is 6.25. The number of unbranched alkanes of at least 4 members (excludes halogenated alkanes) is 1. The number of aliphatic imine (C=N–C) groups is 1. The van der Waals surface area contributed by atoms with Gasteiger partial charge < -0.3 is 15.4 Å². The van der Waals surface area contributed by atoms with Crippen molar-refractivity contribution >= 4 is 41.3 Å². The lowest BCUT2D eigenvalue weighted by molar-refractivity contribution is 0.133. The fourth-order valence-electron chi connectivity index (χ4n) is 2.55. The Morgan fingerprint density at radius 3 is 2.64 bits per heavy atom. The van der Waals surface area contributed by atoms with Gasteiger partial charge in [0.1, 0.15) is 5.01 Å². The van der Waals surface area contributed by atoms with Gasteiger partial charge in [0.25, 0.3) is 0 Å². The van der Waals surface area contributed by atoms with Crippen LogP contribution >= 0.6 is 35.3 Å². The van der Waals surface area contributed by atoms with Crippen molar-refractivity contribution in [1.29, 1.82) is 0 Å². The van der Waals surface area contributed by atoms with Gasteiger partial charge in [-0.25, -0.2) is 9.98 Å². The number of nitrogens with zero attached hydrogens (tertiary/aromatic N) is 2. The molecule has 7 heteroatoms. The number of ether oxygens (including phenoxy) is 1. The molecule has 0 saturated carbocycles. The van der Waals surface area contributed by atoms with Crippen LogP contribution in [0.4, 0.5) is 0 Å². The molecule has 0 fully saturated rings. The van der Waals surface area contributed by atoms with Crippen LogP contribution in [0, 0.1) is 0 Å². The summed E-state index contributed by atoms with van der Waals surface area (Å²) >= 11 is 1.74. The summed E-state index contributed by atoms with van der Waals surface area (Å²) in [7, 11) is 0. The van der Waals surface area contributed by atoms with E-state index in [-0.39, 0.29) is 24.0 Å². The van der Waals surface area contributed by atoms with Crippen molar-refractivity contribution in [2.75, 3.05) is 26.3 Å². The summed E-state index contributed by atoms with van der Waals surface area (Å²) in [4.78, 5) is 10.4. The lowest BCUT2D eigenvalue weighted by Crippen LogP contribution is -2.37. The lowest BCUT2D eigenvalue weighted by atomic mass is 10.2. The maximum atomic E-state index is 5.73. The highest BCUT2D eigenvalue weighted by atomic mass is 127. The average Bonchev–Trinajstić information content (AvgIpc) is 3.17. The van der Waals surface area contributed by atoms with Gasteiger partial charge in [0, 0.05) is 30.8 Å². The van der Waals surface area contributed by atoms with E-state index >= 15 is 0 Å². The van der Waals surface area contributed by atoms with Crippen LogP contribution < -0.4 is 10.6 Å². The highest BCUT2D eigenvalue weighted by Crippen LogP contribution is 2.13. The van der Waals surface area contributed by atoms with E-state index in [1.165, 1.54) is 10.4 Å². The van der Waals surface area contributed by atoms with Crippen LogP contribution in [0.25, 0.3) is 0 Å². The molecule has 28 heavy (non-hydrogen) atoms. The van der Waals surface area contributed by atoms with Gasteiger partial charge >= 0.3 is 0 Å². The zero-order valence-electron chi connectivity index (χ0n) is 16.9. The van der Waals surface area contributed by atoms with E-state index in [1.54, 1.807) is 11.3 Å². The first-order chi connectivity index (χ1) is 13.3. The quantitative estimate of drug-likeness (QED) is 0.190. The van der Waals surface area contributed by atoms with Gasteiger partial charge in [-0.2, -0.15) is 0 Å². The Bertz CT molecular complexity index is 663. The van der Waals surface area contributed by atoms with E-state index in [9.17, 15) is 0 Å². The monoisotopic (exact) mass is 516 g/mol. The van der Waals surface area contributed by atoms with Crippen molar-refractivity contribution in [2.45, 2.75) is 46.1 Å². The molecule has 0 spiro atoms. The number of thiazole rings is 1. The van der Waals surface area contributed by atoms with Crippen LogP contribution in [-0.4, -0.2) is 37.2 Å². The van der Waals surface area contributed by atoms with Gasteiger partial charge in [0.2, 0.25) is 0 Å². The third-order valence-corrected chi connectivity index (χ3v) is 5.18. The third-order valence-electron chi connectivity index (χ3n) is 4.05. The first-order valence-electron chi connectivity index (χ1n) is 9.89. The normalized spacial score (nSPS) is 11.1. The highest BCUT2D eigenvalue weighted by Gasteiger charge is 2.01. The van der Waals surface area contributed by atoms with Crippen molar-refractivity contribution in [1.82, 2.24) is 15.6 Å². The number of hydrogen-bond donors (Lipinski definition) is 2. The van der Waals surface area contributed by atoms with Crippen molar-refractivity contribution in [3.63, 3.8) is 0 Å². The Morgan fingerprint density at radius 1 is 1.11 bits per heavy atom. The van der Waals surface area contributed by atoms with Crippen LogP contribution in [0.5, 0.6) is 0 Å². The molecule has 0 aliphatic carbocycles. The SMILES string of the molecule is CCNC(=NCc1ncc(CC)s1)NCCCCOCCc1ccccc1.I. The summed E-state index contributed by atoms with van der Waals surface area (Å²) in [5, 5.41) is 7.74. The molecule has 1 heterocycles. The minimum absolute atomic E-state index is 0. The lowest BCUT2D eigenvalue weighted by Gasteiger charge is -2.11.